The van der Waals surface area contributed by atoms with Crippen LogP contribution in [0.15, 0.2) is 42.9 Å². The van der Waals surface area contributed by atoms with E-state index in [1.54, 1.807) is 0 Å². The van der Waals surface area contributed by atoms with Crippen LogP contribution in [0.3, 0.4) is 0 Å². The van der Waals surface area contributed by atoms with Gasteiger partial charge in [-0.1, -0.05) is 12.1 Å². The third kappa shape index (κ3) is 5.91. The lowest BCUT2D eigenvalue weighted by Crippen LogP contribution is -2.21. The van der Waals surface area contributed by atoms with Gasteiger partial charge in [0.2, 0.25) is 10.0 Å². The Morgan fingerprint density at radius 3 is 2.45 bits per heavy atom. The number of benzene rings is 1. The summed E-state index contributed by atoms with van der Waals surface area (Å²) in [4.78, 5) is 19.9. The Morgan fingerprint density at radius 2 is 1.87 bits per heavy atom. The summed E-state index contributed by atoms with van der Waals surface area (Å²) in [5, 5.41) is 9.50. The summed E-state index contributed by atoms with van der Waals surface area (Å²) in [6.45, 7) is 0. The van der Waals surface area contributed by atoms with E-state index in [2.05, 4.69) is 30.2 Å². The molecule has 2 heterocycles. The quantitative estimate of drug-likeness (QED) is 0.406. The molecule has 0 unspecified atom stereocenters. The molecule has 0 saturated heterocycles. The minimum atomic E-state index is -4.58. The first-order valence-corrected chi connectivity index (χ1v) is 10.3. The van der Waals surface area contributed by atoms with Crippen LogP contribution in [0.4, 0.5) is 30.5 Å². The molecule has 0 atom stereocenters. The van der Waals surface area contributed by atoms with Gasteiger partial charge in [-0.3, -0.25) is 19.6 Å². The summed E-state index contributed by atoms with van der Waals surface area (Å²) < 4.78 is 62.5. The number of amides is 1. The summed E-state index contributed by atoms with van der Waals surface area (Å²) in [5.41, 5.74) is 6.26. The van der Waals surface area contributed by atoms with Crippen molar-refractivity contribution in [2.45, 2.75) is 12.6 Å². The maximum Gasteiger partial charge on any atom is 0.390 e. The van der Waals surface area contributed by atoms with E-state index in [1.807, 2.05) is 0 Å². The third-order valence-electron chi connectivity index (χ3n) is 3.92. The Kier molecular flexibility index (Phi) is 6.10. The van der Waals surface area contributed by atoms with Crippen LogP contribution in [-0.2, 0) is 10.0 Å². The van der Waals surface area contributed by atoms with E-state index in [4.69, 9.17) is 5.73 Å². The van der Waals surface area contributed by atoms with Gasteiger partial charge in [-0.25, -0.2) is 13.4 Å². The number of nitrogens with zero attached hydrogens (tertiary/aromatic N) is 3. The van der Waals surface area contributed by atoms with Crippen LogP contribution < -0.4 is 15.8 Å². The van der Waals surface area contributed by atoms with Gasteiger partial charge < -0.3 is 11.1 Å². The van der Waals surface area contributed by atoms with Crippen molar-refractivity contribution in [3.8, 4) is 11.3 Å². The van der Waals surface area contributed by atoms with E-state index in [9.17, 15) is 26.4 Å². The predicted octanol–water partition coefficient (Wildman–Crippen LogP) is 2.40. The number of sulfonamides is 1. The molecule has 14 heteroatoms. The lowest BCUT2D eigenvalue weighted by molar-refractivity contribution is -0.129. The zero-order valence-corrected chi connectivity index (χ0v) is 16.5. The summed E-state index contributed by atoms with van der Waals surface area (Å²) >= 11 is 0. The van der Waals surface area contributed by atoms with Gasteiger partial charge in [-0.2, -0.15) is 18.3 Å². The van der Waals surface area contributed by atoms with Gasteiger partial charge in [-0.05, 0) is 12.1 Å². The Bertz CT molecular complexity index is 1160. The van der Waals surface area contributed by atoms with Crippen LogP contribution in [0.2, 0.25) is 0 Å². The highest BCUT2D eigenvalue weighted by atomic mass is 32.2. The molecule has 0 spiro atoms. The zero-order chi connectivity index (χ0) is 22.6. The van der Waals surface area contributed by atoms with Crippen molar-refractivity contribution in [1.29, 1.82) is 0 Å². The van der Waals surface area contributed by atoms with Crippen LogP contribution in [0.25, 0.3) is 11.3 Å². The number of nitrogens with one attached hydrogen (secondary N) is 3. The number of halogens is 3. The summed E-state index contributed by atoms with van der Waals surface area (Å²) in [6.07, 6.45) is -1.72. The predicted molar refractivity (Wildman–Crippen MR) is 106 cm³/mol. The number of rotatable bonds is 8. The summed E-state index contributed by atoms with van der Waals surface area (Å²) in [6, 6.07) is 5.57. The Hall–Kier alpha value is -3.68. The summed E-state index contributed by atoms with van der Waals surface area (Å²) in [7, 11) is -4.18. The summed E-state index contributed by atoms with van der Waals surface area (Å²) in [5.74, 6) is -1.44. The number of primary amides is 1. The molecule has 3 aromatic rings. The molecule has 0 fully saturated rings. The fourth-order valence-electron chi connectivity index (χ4n) is 2.55. The molecule has 164 valence electrons. The normalized spacial score (nSPS) is 11.8. The van der Waals surface area contributed by atoms with Gasteiger partial charge in [0.15, 0.2) is 5.82 Å². The minimum Gasteiger partial charge on any atom is -0.365 e. The number of carbonyl (C=O) groups excluding carboxylic acids is 1. The maximum absolute atomic E-state index is 12.3. The molecule has 1 aromatic carbocycles. The van der Waals surface area contributed by atoms with E-state index >= 15 is 0 Å². The number of alkyl halides is 3. The lowest BCUT2D eigenvalue weighted by Gasteiger charge is -2.10. The van der Waals surface area contributed by atoms with Gasteiger partial charge >= 0.3 is 6.18 Å². The second-order valence-corrected chi connectivity index (χ2v) is 8.11. The minimum absolute atomic E-state index is 0.0316. The first kappa shape index (κ1) is 22.0. The Balaban J connectivity index is 1.80. The number of hydrogen-bond donors (Lipinski definition) is 4. The number of aromatic nitrogens is 4. The molecule has 0 aliphatic heterocycles. The van der Waals surface area contributed by atoms with Crippen molar-refractivity contribution >= 4 is 33.3 Å². The number of anilines is 3. The van der Waals surface area contributed by atoms with E-state index < -0.39 is 34.3 Å². The molecular formula is C17H16F3N7O3S. The number of hydrogen-bond acceptors (Lipinski definition) is 7. The molecule has 5 N–H and O–H groups in total. The van der Waals surface area contributed by atoms with Crippen molar-refractivity contribution in [1.82, 2.24) is 20.2 Å². The van der Waals surface area contributed by atoms with Crippen molar-refractivity contribution < 1.29 is 26.4 Å². The van der Waals surface area contributed by atoms with Crippen LogP contribution in [0, 0.1) is 0 Å². The molecule has 2 aromatic heterocycles. The van der Waals surface area contributed by atoms with E-state index in [0.717, 1.165) is 0 Å². The molecule has 31 heavy (non-hydrogen) atoms. The first-order chi connectivity index (χ1) is 14.5. The van der Waals surface area contributed by atoms with Crippen LogP contribution in [0.5, 0.6) is 0 Å². The van der Waals surface area contributed by atoms with E-state index in [-0.39, 0.29) is 22.8 Å². The zero-order valence-electron chi connectivity index (χ0n) is 15.6. The van der Waals surface area contributed by atoms with Crippen molar-refractivity contribution in [2.75, 3.05) is 15.8 Å². The fourth-order valence-corrected chi connectivity index (χ4v) is 3.65. The number of H-pyrrole nitrogens is 1. The molecule has 0 saturated carbocycles. The van der Waals surface area contributed by atoms with Crippen LogP contribution >= 0.6 is 0 Å². The van der Waals surface area contributed by atoms with Gasteiger partial charge in [0, 0.05) is 23.6 Å². The van der Waals surface area contributed by atoms with Gasteiger partial charge in [0.1, 0.15) is 11.4 Å². The van der Waals surface area contributed by atoms with E-state index in [1.165, 1.54) is 42.9 Å². The molecule has 0 aliphatic carbocycles. The largest absolute Gasteiger partial charge is 0.390 e. The second kappa shape index (κ2) is 8.59. The smallest absolute Gasteiger partial charge is 0.365 e. The van der Waals surface area contributed by atoms with Crippen molar-refractivity contribution in [2.24, 2.45) is 5.73 Å². The van der Waals surface area contributed by atoms with Gasteiger partial charge in [0.05, 0.1) is 24.1 Å². The number of aromatic amines is 1. The highest BCUT2D eigenvalue weighted by molar-refractivity contribution is 7.92. The van der Waals surface area contributed by atoms with Crippen molar-refractivity contribution in [3.63, 3.8) is 0 Å². The first-order valence-electron chi connectivity index (χ1n) is 8.63. The molecular weight excluding hydrogens is 439 g/mol. The molecule has 0 radical (unpaired) electrons. The maximum atomic E-state index is 12.3. The Morgan fingerprint density at radius 1 is 1.16 bits per heavy atom. The number of carbonyl (C=O) groups is 1. The molecule has 0 bridgehead atoms. The fraction of sp³-hybridized carbons (Fsp3) is 0.176. The average molecular weight is 455 g/mol. The van der Waals surface area contributed by atoms with Gasteiger partial charge in [0.25, 0.3) is 5.91 Å². The highest BCUT2D eigenvalue weighted by Gasteiger charge is 2.30. The lowest BCUT2D eigenvalue weighted by atomic mass is 10.1. The molecule has 1 amide bonds. The second-order valence-electron chi connectivity index (χ2n) is 6.27. The number of nitrogens with two attached hydrogens (primary N) is 1. The topological polar surface area (TPSA) is 156 Å². The molecule has 3 rings (SSSR count). The standard InChI is InChI=1S/C17H16F3N7O3S/c18-17(19,20)5-8-31(29,30)27-11-3-1-10(2-4-11)14-13(15(21)28)16(26-25-14)24-12-9-22-6-7-23-12/h1-4,6-7,9,27H,5,8H2,(H2,21,28)(H2,23,24,25,26). The average Bonchev–Trinajstić information content (AvgIpc) is 3.11. The molecule has 0 aliphatic rings. The monoisotopic (exact) mass is 455 g/mol. The Labute approximate surface area is 174 Å². The van der Waals surface area contributed by atoms with Gasteiger partial charge in [-0.15, -0.1) is 0 Å². The third-order valence-corrected chi connectivity index (χ3v) is 5.21. The van der Waals surface area contributed by atoms with E-state index in [0.29, 0.717) is 11.4 Å². The highest BCUT2D eigenvalue weighted by Crippen LogP contribution is 2.29. The van der Waals surface area contributed by atoms with Crippen molar-refractivity contribution in [3.05, 3.63) is 48.4 Å². The SMILES string of the molecule is NC(=O)c1c(Nc2cnccn2)n[nH]c1-c1ccc(NS(=O)(=O)CCC(F)(F)F)cc1. The van der Waals surface area contributed by atoms with Crippen LogP contribution in [-0.4, -0.2) is 46.4 Å². The molecule has 10 nitrogen and oxygen atoms in total. The van der Waals surface area contributed by atoms with Crippen LogP contribution in [0.1, 0.15) is 16.8 Å².